The van der Waals surface area contributed by atoms with Gasteiger partial charge in [-0.2, -0.15) is 0 Å². The van der Waals surface area contributed by atoms with Gasteiger partial charge in [-0.15, -0.1) is 0 Å². The van der Waals surface area contributed by atoms with Gasteiger partial charge in [-0.25, -0.2) is 9.78 Å². The second-order valence-electron chi connectivity index (χ2n) is 10.9. The number of piperidine rings is 1. The van der Waals surface area contributed by atoms with Gasteiger partial charge in [-0.3, -0.25) is 9.59 Å². The fraction of sp³-hybridized carbons (Fsp3) is 0.714. The van der Waals surface area contributed by atoms with Gasteiger partial charge >= 0.3 is 5.97 Å². The molecule has 1 aromatic heterocycles. The summed E-state index contributed by atoms with van der Waals surface area (Å²) < 4.78 is 0. The van der Waals surface area contributed by atoms with E-state index in [4.69, 9.17) is 4.98 Å². The maximum atomic E-state index is 13.1. The molecule has 1 unspecified atom stereocenters. The summed E-state index contributed by atoms with van der Waals surface area (Å²) in [7, 11) is 0. The second kappa shape index (κ2) is 12.5. The summed E-state index contributed by atoms with van der Waals surface area (Å²) in [5.41, 5.74) is 2.45. The fourth-order valence-electron chi connectivity index (χ4n) is 6.34. The van der Waals surface area contributed by atoms with Gasteiger partial charge in [0.05, 0.1) is 0 Å². The predicted molar refractivity (Wildman–Crippen MR) is 139 cm³/mol. The summed E-state index contributed by atoms with van der Waals surface area (Å²) >= 11 is 0. The number of amides is 2. The van der Waals surface area contributed by atoms with Crippen LogP contribution in [0.1, 0.15) is 82.4 Å². The van der Waals surface area contributed by atoms with E-state index >= 15 is 0 Å². The van der Waals surface area contributed by atoms with Crippen molar-refractivity contribution in [3.05, 3.63) is 23.4 Å². The van der Waals surface area contributed by atoms with Crippen LogP contribution in [0.15, 0.2) is 12.1 Å². The van der Waals surface area contributed by atoms with Crippen LogP contribution in [0.25, 0.3) is 0 Å². The standard InChI is InChI=1S/C28H42N4O4/c1-19(33)32-17-21-9-7-10-22(18-32)25(21)27(34)31-24(28(35)36)13-6-4-2-3-5-12-23-15-14-20-11-8-16-29-26(20)30-23/h14-15,21-22,24-25H,2-13,16-18H2,1H3,(H,29,30)(H,31,34)(H,35,36)/t21-,22+,24-,25?/m0/s1. The number of nitrogens with zero attached hydrogens (tertiary/aromatic N) is 2. The van der Waals surface area contributed by atoms with Gasteiger partial charge in [-0.05, 0) is 68.4 Å². The first-order valence-electron chi connectivity index (χ1n) is 13.9. The average Bonchev–Trinajstić information content (AvgIpc) is 2.86. The third-order valence-corrected chi connectivity index (χ3v) is 8.32. The number of carboxylic acids is 1. The Labute approximate surface area is 214 Å². The van der Waals surface area contributed by atoms with Gasteiger partial charge in [0.15, 0.2) is 0 Å². The number of hydrogen-bond donors (Lipinski definition) is 3. The minimum atomic E-state index is -0.957. The number of hydrogen-bond acceptors (Lipinski definition) is 5. The average molecular weight is 499 g/mol. The maximum absolute atomic E-state index is 13.1. The molecule has 3 N–H and O–H groups in total. The van der Waals surface area contributed by atoms with Crippen molar-refractivity contribution in [3.8, 4) is 0 Å². The van der Waals surface area contributed by atoms with Crippen molar-refractivity contribution >= 4 is 23.6 Å². The van der Waals surface area contributed by atoms with Crippen LogP contribution in [-0.4, -0.2) is 58.5 Å². The number of aliphatic carboxylic acids is 1. The molecule has 0 spiro atoms. The van der Waals surface area contributed by atoms with Gasteiger partial charge < -0.3 is 20.6 Å². The highest BCUT2D eigenvalue weighted by atomic mass is 16.4. The summed E-state index contributed by atoms with van der Waals surface area (Å²) in [4.78, 5) is 43.4. The van der Waals surface area contributed by atoms with Gasteiger partial charge in [0.1, 0.15) is 11.9 Å². The van der Waals surface area contributed by atoms with E-state index in [0.29, 0.717) is 19.5 Å². The predicted octanol–water partition coefficient (Wildman–Crippen LogP) is 3.79. The molecule has 0 aromatic carbocycles. The molecule has 2 fully saturated rings. The number of carbonyl (C=O) groups is 3. The smallest absolute Gasteiger partial charge is 0.326 e. The number of nitrogens with one attached hydrogen (secondary N) is 2. The highest BCUT2D eigenvalue weighted by Gasteiger charge is 2.44. The molecule has 2 amide bonds. The number of likely N-dealkylation sites (tertiary alicyclic amines) is 1. The first-order valence-corrected chi connectivity index (χ1v) is 13.9. The Balaban J connectivity index is 1.16. The zero-order chi connectivity index (χ0) is 25.5. The molecule has 1 saturated heterocycles. The van der Waals surface area contributed by atoms with Gasteiger partial charge in [0, 0.05) is 38.2 Å². The molecular formula is C28H42N4O4. The van der Waals surface area contributed by atoms with Crippen molar-refractivity contribution < 1.29 is 19.5 Å². The maximum Gasteiger partial charge on any atom is 0.326 e. The number of anilines is 1. The fourth-order valence-corrected chi connectivity index (χ4v) is 6.34. The van der Waals surface area contributed by atoms with Crippen molar-refractivity contribution in [2.45, 2.75) is 90.0 Å². The number of rotatable bonds is 11. The minimum absolute atomic E-state index is 0.0603. The summed E-state index contributed by atoms with van der Waals surface area (Å²) in [6.07, 6.45) is 11.6. The first kappa shape index (κ1) is 26.4. The van der Waals surface area contributed by atoms with Crippen LogP contribution in [0, 0.1) is 17.8 Å². The zero-order valence-electron chi connectivity index (χ0n) is 21.6. The molecule has 4 atom stereocenters. The summed E-state index contributed by atoms with van der Waals surface area (Å²) in [5.74, 6) is 0.115. The van der Waals surface area contributed by atoms with Gasteiger partial charge in [-0.1, -0.05) is 38.2 Å². The topological polar surface area (TPSA) is 112 Å². The molecule has 3 aliphatic rings. The number of fused-ring (bicyclic) bond motifs is 3. The number of aryl methyl sites for hydroxylation is 2. The lowest BCUT2D eigenvalue weighted by Gasteiger charge is -2.46. The Hall–Kier alpha value is -2.64. The van der Waals surface area contributed by atoms with Crippen LogP contribution < -0.4 is 10.6 Å². The third kappa shape index (κ3) is 6.77. The molecule has 1 aliphatic carbocycles. The molecule has 0 radical (unpaired) electrons. The number of aromatic nitrogens is 1. The van der Waals surface area contributed by atoms with E-state index in [9.17, 15) is 19.5 Å². The normalized spacial score (nSPS) is 23.8. The number of pyridine rings is 1. The third-order valence-electron chi connectivity index (χ3n) is 8.32. The van der Waals surface area contributed by atoms with Crippen LogP contribution >= 0.6 is 0 Å². The molecule has 2 bridgehead atoms. The zero-order valence-corrected chi connectivity index (χ0v) is 21.6. The molecular weight excluding hydrogens is 456 g/mol. The lowest BCUT2D eigenvalue weighted by Crippen LogP contribution is -2.56. The Morgan fingerprint density at radius 3 is 2.53 bits per heavy atom. The van der Waals surface area contributed by atoms with Crippen LogP contribution in [0.3, 0.4) is 0 Å². The molecule has 8 heteroatoms. The first-order chi connectivity index (χ1) is 17.4. The van der Waals surface area contributed by atoms with E-state index in [0.717, 1.165) is 82.3 Å². The van der Waals surface area contributed by atoms with Crippen LogP contribution in [0.2, 0.25) is 0 Å². The Kier molecular flexibility index (Phi) is 9.21. The monoisotopic (exact) mass is 498 g/mol. The molecule has 4 rings (SSSR count). The lowest BCUT2D eigenvalue weighted by atomic mass is 9.68. The summed E-state index contributed by atoms with van der Waals surface area (Å²) in [5, 5.41) is 15.9. The molecule has 8 nitrogen and oxygen atoms in total. The largest absolute Gasteiger partial charge is 0.480 e. The molecule has 36 heavy (non-hydrogen) atoms. The van der Waals surface area contributed by atoms with Crippen molar-refractivity contribution in [2.75, 3.05) is 25.0 Å². The van der Waals surface area contributed by atoms with Crippen LogP contribution in [0.4, 0.5) is 5.82 Å². The molecule has 3 heterocycles. The van der Waals surface area contributed by atoms with Crippen molar-refractivity contribution in [3.63, 3.8) is 0 Å². The lowest BCUT2D eigenvalue weighted by molar-refractivity contribution is -0.147. The quantitative estimate of drug-likeness (QED) is 0.400. The van der Waals surface area contributed by atoms with E-state index in [1.807, 2.05) is 4.90 Å². The van der Waals surface area contributed by atoms with Gasteiger partial charge in [0.2, 0.25) is 11.8 Å². The SMILES string of the molecule is CC(=O)N1C[C@H]2CCC[C@@H](C1)C2C(=O)N[C@@H](CCCCCCCc1ccc2c(n1)NCCC2)C(=O)O. The van der Waals surface area contributed by atoms with Crippen molar-refractivity contribution in [2.24, 2.45) is 17.8 Å². The minimum Gasteiger partial charge on any atom is -0.480 e. The van der Waals surface area contributed by atoms with Gasteiger partial charge in [0.25, 0.3) is 0 Å². The Bertz CT molecular complexity index is 922. The van der Waals surface area contributed by atoms with E-state index in [1.165, 1.54) is 12.0 Å². The number of unbranched alkanes of at least 4 members (excludes halogenated alkanes) is 4. The molecule has 1 aromatic rings. The molecule has 198 valence electrons. The second-order valence-corrected chi connectivity index (χ2v) is 10.9. The van der Waals surface area contributed by atoms with E-state index < -0.39 is 12.0 Å². The highest BCUT2D eigenvalue weighted by Crippen LogP contribution is 2.40. The Morgan fingerprint density at radius 1 is 1.08 bits per heavy atom. The summed E-state index contributed by atoms with van der Waals surface area (Å²) in [6, 6.07) is 3.50. The van der Waals surface area contributed by atoms with E-state index in [-0.39, 0.29) is 29.6 Å². The number of carboxylic acid groups (broad SMARTS) is 1. The molecule has 1 saturated carbocycles. The van der Waals surface area contributed by atoms with E-state index in [2.05, 4.69) is 22.8 Å². The van der Waals surface area contributed by atoms with E-state index in [1.54, 1.807) is 6.92 Å². The highest BCUT2D eigenvalue weighted by molar-refractivity contribution is 5.85. The van der Waals surface area contributed by atoms with Crippen LogP contribution in [0.5, 0.6) is 0 Å². The van der Waals surface area contributed by atoms with Crippen LogP contribution in [-0.2, 0) is 27.2 Å². The summed E-state index contributed by atoms with van der Waals surface area (Å²) in [6.45, 7) is 3.80. The molecule has 2 aliphatic heterocycles. The Morgan fingerprint density at radius 2 is 1.81 bits per heavy atom. The van der Waals surface area contributed by atoms with Crippen molar-refractivity contribution in [1.82, 2.24) is 15.2 Å². The number of carbonyl (C=O) groups excluding carboxylic acids is 2. The van der Waals surface area contributed by atoms with Crippen molar-refractivity contribution in [1.29, 1.82) is 0 Å².